The molecule has 1 aromatic heterocycles. The molecule has 0 unspecified atom stereocenters. The van der Waals surface area contributed by atoms with Gasteiger partial charge in [-0.1, -0.05) is 11.6 Å². The molecule has 4 aromatic rings. The van der Waals surface area contributed by atoms with Crippen molar-refractivity contribution in [1.29, 1.82) is 0 Å². The maximum atomic E-state index is 13.2. The Bertz CT molecular complexity index is 1510. The predicted octanol–water partition coefficient (Wildman–Crippen LogP) is 7.07. The molecule has 1 aliphatic heterocycles. The predicted molar refractivity (Wildman–Crippen MR) is 148 cm³/mol. The van der Waals surface area contributed by atoms with Gasteiger partial charge in [-0.2, -0.15) is 13.2 Å². The summed E-state index contributed by atoms with van der Waals surface area (Å²) in [6.45, 7) is 2.69. The average Bonchev–Trinajstić information content (AvgIpc) is 2.93. The monoisotopic (exact) mass is 572 g/mol. The van der Waals surface area contributed by atoms with Crippen LogP contribution < -0.4 is 19.9 Å². The molecule has 1 saturated heterocycles. The van der Waals surface area contributed by atoms with Gasteiger partial charge in [-0.15, -0.1) is 0 Å². The van der Waals surface area contributed by atoms with E-state index in [0.29, 0.717) is 52.1 Å². The van der Waals surface area contributed by atoms with Gasteiger partial charge in [0.15, 0.2) is 17.3 Å². The molecule has 3 aromatic carbocycles. The molecule has 0 saturated carbocycles. The van der Waals surface area contributed by atoms with Gasteiger partial charge < -0.3 is 24.8 Å². The van der Waals surface area contributed by atoms with Crippen molar-refractivity contribution in [2.75, 3.05) is 39.6 Å². The second kappa shape index (κ2) is 11.4. The van der Waals surface area contributed by atoms with Crippen LogP contribution in [0, 0.1) is 5.92 Å². The number of alkyl halides is 3. The third kappa shape index (κ3) is 6.18. The Morgan fingerprint density at radius 2 is 1.68 bits per heavy atom. The molecule has 0 aliphatic carbocycles. The minimum absolute atomic E-state index is 0.0115. The van der Waals surface area contributed by atoms with Crippen molar-refractivity contribution in [2.45, 2.75) is 19.0 Å². The van der Waals surface area contributed by atoms with Crippen LogP contribution in [0.25, 0.3) is 22.3 Å². The van der Waals surface area contributed by atoms with E-state index in [1.165, 1.54) is 6.07 Å². The number of nitrogens with two attached hydrogens (primary N) is 1. The van der Waals surface area contributed by atoms with E-state index in [1.807, 2.05) is 0 Å². The van der Waals surface area contributed by atoms with Crippen LogP contribution in [-0.2, 0) is 6.18 Å². The normalized spacial score (nSPS) is 14.8. The van der Waals surface area contributed by atoms with Gasteiger partial charge in [-0.3, -0.25) is 0 Å². The lowest BCUT2D eigenvalue weighted by molar-refractivity contribution is -0.137. The van der Waals surface area contributed by atoms with Crippen molar-refractivity contribution in [3.8, 4) is 34.4 Å². The summed E-state index contributed by atoms with van der Waals surface area (Å²) in [4.78, 5) is 11.5. The maximum absolute atomic E-state index is 13.2. The van der Waals surface area contributed by atoms with Crippen LogP contribution >= 0.6 is 11.6 Å². The van der Waals surface area contributed by atoms with E-state index in [-0.39, 0.29) is 11.6 Å². The summed E-state index contributed by atoms with van der Waals surface area (Å²) in [5.74, 6) is 2.62. The van der Waals surface area contributed by atoms with E-state index < -0.39 is 16.8 Å². The number of fused-ring (bicyclic) bond motifs is 1. The van der Waals surface area contributed by atoms with Crippen molar-refractivity contribution in [2.24, 2.45) is 5.92 Å². The van der Waals surface area contributed by atoms with Crippen LogP contribution in [0.2, 0.25) is 5.02 Å². The smallest absolute Gasteiger partial charge is 0.417 e. The lowest BCUT2D eigenvalue weighted by atomic mass is 9.98. The number of nitrogen functional groups attached to an aromatic ring is 1. The number of halogens is 4. The molecule has 2 N–H and O–H groups in total. The van der Waals surface area contributed by atoms with Crippen molar-refractivity contribution in [3.05, 3.63) is 65.2 Å². The first-order valence-electron chi connectivity index (χ1n) is 12.7. The van der Waals surface area contributed by atoms with Crippen molar-refractivity contribution < 1.29 is 27.4 Å². The number of anilines is 1. The Balaban J connectivity index is 1.37. The zero-order chi connectivity index (χ0) is 28.4. The first-order chi connectivity index (χ1) is 19.1. The molecule has 1 fully saturated rings. The van der Waals surface area contributed by atoms with Crippen LogP contribution in [0.1, 0.15) is 18.4 Å². The maximum Gasteiger partial charge on any atom is 0.417 e. The average molecular weight is 573 g/mol. The molecule has 0 radical (unpaired) electrons. The number of likely N-dealkylation sites (tertiary alicyclic amines) is 1. The zero-order valence-electron chi connectivity index (χ0n) is 22.0. The SMILES string of the molecule is COc1cc2c(N)nc(-c3ccc(Oc4ccc(Cl)c(C(F)(F)F)c4)cc3)nc2cc1OCC1CCN(C)CC1. The van der Waals surface area contributed by atoms with Crippen LogP contribution in [0.4, 0.5) is 19.0 Å². The van der Waals surface area contributed by atoms with Gasteiger partial charge in [0.05, 0.1) is 29.8 Å². The highest BCUT2D eigenvalue weighted by molar-refractivity contribution is 6.31. The third-order valence-corrected chi connectivity index (χ3v) is 7.24. The molecule has 7 nitrogen and oxygen atoms in total. The number of ether oxygens (including phenoxy) is 3. The second-order valence-corrected chi connectivity index (χ2v) is 10.2. The van der Waals surface area contributed by atoms with E-state index in [9.17, 15) is 13.2 Å². The highest BCUT2D eigenvalue weighted by Crippen LogP contribution is 2.38. The standard InChI is InChI=1S/C29H28ClF3N4O3/c1-37-11-9-17(10-12-37)16-39-26-15-24-21(14-25(26)38-2)27(34)36-28(35-24)18-3-5-19(6-4-18)40-20-7-8-23(30)22(13-20)29(31,32)33/h3-8,13-15,17H,9-12,16H2,1-2H3,(H2,34,35,36). The molecule has 0 amide bonds. The van der Waals surface area contributed by atoms with Crippen molar-refractivity contribution in [3.63, 3.8) is 0 Å². The summed E-state index contributed by atoms with van der Waals surface area (Å²) in [5, 5.41) is 0.240. The van der Waals surface area contributed by atoms with E-state index in [4.69, 9.17) is 36.5 Å². The summed E-state index contributed by atoms with van der Waals surface area (Å²) in [5.41, 5.74) is 6.57. The minimum atomic E-state index is -4.59. The Hall–Kier alpha value is -3.76. The molecular formula is C29H28ClF3N4O3. The van der Waals surface area contributed by atoms with Crippen LogP contribution in [-0.4, -0.2) is 48.7 Å². The number of aromatic nitrogens is 2. The topological polar surface area (TPSA) is 82.7 Å². The quantitative estimate of drug-likeness (QED) is 0.253. The molecule has 0 atom stereocenters. The van der Waals surface area contributed by atoms with E-state index in [0.717, 1.165) is 38.1 Å². The molecule has 11 heteroatoms. The fourth-order valence-corrected chi connectivity index (χ4v) is 4.82. The third-order valence-electron chi connectivity index (χ3n) is 6.91. The van der Waals surface area contributed by atoms with Crippen LogP contribution in [0.3, 0.4) is 0 Å². The van der Waals surface area contributed by atoms with E-state index >= 15 is 0 Å². The van der Waals surface area contributed by atoms with Gasteiger partial charge >= 0.3 is 6.18 Å². The van der Waals surface area contributed by atoms with Crippen LogP contribution in [0.15, 0.2) is 54.6 Å². The minimum Gasteiger partial charge on any atom is -0.493 e. The summed E-state index contributed by atoms with van der Waals surface area (Å²) in [7, 11) is 3.70. The number of nitrogens with zero attached hydrogens (tertiary/aromatic N) is 3. The van der Waals surface area contributed by atoms with Gasteiger partial charge in [0.1, 0.15) is 17.3 Å². The summed E-state index contributed by atoms with van der Waals surface area (Å²) in [6, 6.07) is 13.6. The van der Waals surface area contributed by atoms with Crippen molar-refractivity contribution >= 4 is 28.3 Å². The fraction of sp³-hybridized carbons (Fsp3) is 0.310. The van der Waals surface area contributed by atoms with Gasteiger partial charge in [-0.05, 0) is 87.4 Å². The fourth-order valence-electron chi connectivity index (χ4n) is 4.59. The van der Waals surface area contributed by atoms with Gasteiger partial charge in [0.25, 0.3) is 0 Å². The molecule has 0 spiro atoms. The number of rotatable bonds is 7. The highest BCUT2D eigenvalue weighted by atomic mass is 35.5. The van der Waals surface area contributed by atoms with Gasteiger partial charge in [0.2, 0.25) is 0 Å². The number of hydrogen-bond acceptors (Lipinski definition) is 7. The first-order valence-corrected chi connectivity index (χ1v) is 13.1. The van der Waals surface area contributed by atoms with Gasteiger partial charge in [-0.25, -0.2) is 9.97 Å². The molecule has 210 valence electrons. The summed E-state index contributed by atoms with van der Waals surface area (Å²) < 4.78 is 56.9. The second-order valence-electron chi connectivity index (χ2n) is 9.78. The zero-order valence-corrected chi connectivity index (χ0v) is 22.7. The Labute approximate surface area is 234 Å². The molecule has 1 aliphatic rings. The number of benzene rings is 3. The number of piperidine rings is 1. The number of methoxy groups -OCH3 is 1. The largest absolute Gasteiger partial charge is 0.493 e. The highest BCUT2D eigenvalue weighted by Gasteiger charge is 2.33. The van der Waals surface area contributed by atoms with E-state index in [1.54, 1.807) is 43.5 Å². The molecule has 2 heterocycles. The summed E-state index contributed by atoms with van der Waals surface area (Å²) >= 11 is 5.70. The molecule has 40 heavy (non-hydrogen) atoms. The van der Waals surface area contributed by atoms with Crippen LogP contribution in [0.5, 0.6) is 23.0 Å². The number of hydrogen-bond donors (Lipinski definition) is 1. The molecular weight excluding hydrogens is 545 g/mol. The van der Waals surface area contributed by atoms with Gasteiger partial charge in [0, 0.05) is 17.0 Å². The first kappa shape index (κ1) is 27.8. The lowest BCUT2D eigenvalue weighted by Gasteiger charge is -2.28. The Morgan fingerprint density at radius 3 is 2.35 bits per heavy atom. The van der Waals surface area contributed by atoms with Crippen molar-refractivity contribution in [1.82, 2.24) is 14.9 Å². The summed E-state index contributed by atoms with van der Waals surface area (Å²) in [6.07, 6.45) is -2.44. The molecule has 5 rings (SSSR count). The van der Waals surface area contributed by atoms with E-state index in [2.05, 4.69) is 16.9 Å². The Morgan fingerprint density at radius 1 is 0.975 bits per heavy atom. The molecule has 0 bridgehead atoms. The lowest BCUT2D eigenvalue weighted by Crippen LogP contribution is -2.32. The Kier molecular flexibility index (Phi) is 7.91.